The van der Waals surface area contributed by atoms with Gasteiger partial charge in [0, 0.05) is 6.54 Å². The van der Waals surface area contributed by atoms with E-state index < -0.39 is 10.0 Å². The second-order valence-electron chi connectivity index (χ2n) is 5.58. The Labute approximate surface area is 124 Å². The van der Waals surface area contributed by atoms with E-state index in [2.05, 4.69) is 28.8 Å². The Balaban J connectivity index is 2.14. The smallest absolute Gasteiger partial charge is 0.211 e. The first-order chi connectivity index (χ1) is 9.57. The zero-order valence-corrected chi connectivity index (χ0v) is 13.8. The van der Waals surface area contributed by atoms with E-state index in [1.807, 2.05) is 0 Å². The second-order valence-corrected chi connectivity index (χ2v) is 7.50. The molecule has 0 aliphatic carbocycles. The Morgan fingerprint density at radius 3 is 2.45 bits per heavy atom. The molecule has 0 amide bonds. The molecule has 0 bridgehead atoms. The first-order valence-electron chi connectivity index (χ1n) is 7.97. The summed E-state index contributed by atoms with van der Waals surface area (Å²) in [5, 5.41) is 3.31. The van der Waals surface area contributed by atoms with Crippen molar-refractivity contribution in [1.82, 2.24) is 14.9 Å². The van der Waals surface area contributed by atoms with Crippen molar-refractivity contribution in [2.75, 3.05) is 45.0 Å². The monoisotopic (exact) mass is 305 g/mol. The van der Waals surface area contributed by atoms with Gasteiger partial charge in [0.25, 0.3) is 0 Å². The van der Waals surface area contributed by atoms with E-state index in [9.17, 15) is 8.42 Å². The van der Waals surface area contributed by atoms with Crippen LogP contribution in [-0.2, 0) is 10.0 Å². The van der Waals surface area contributed by atoms with Gasteiger partial charge in [-0.1, -0.05) is 13.8 Å². The zero-order chi connectivity index (χ0) is 14.8. The predicted octanol–water partition coefficient (Wildman–Crippen LogP) is 1.03. The van der Waals surface area contributed by atoms with E-state index in [-0.39, 0.29) is 5.75 Å². The number of hydrogen-bond acceptors (Lipinski definition) is 4. The molecule has 0 aromatic carbocycles. The van der Waals surface area contributed by atoms with Crippen LogP contribution in [0.4, 0.5) is 0 Å². The number of hydrogen-bond donors (Lipinski definition) is 2. The van der Waals surface area contributed by atoms with Crippen LogP contribution in [0.3, 0.4) is 0 Å². The predicted molar refractivity (Wildman–Crippen MR) is 84.4 cm³/mol. The van der Waals surface area contributed by atoms with E-state index in [1.54, 1.807) is 0 Å². The molecule has 0 aromatic rings. The summed E-state index contributed by atoms with van der Waals surface area (Å²) in [7, 11) is -3.08. The molecule has 1 saturated heterocycles. The van der Waals surface area contributed by atoms with E-state index in [1.165, 1.54) is 0 Å². The van der Waals surface area contributed by atoms with Crippen molar-refractivity contribution < 1.29 is 8.42 Å². The lowest BCUT2D eigenvalue weighted by molar-refractivity contribution is 0.300. The van der Waals surface area contributed by atoms with Crippen molar-refractivity contribution in [3.8, 4) is 0 Å². The number of rotatable bonds is 10. The maximum Gasteiger partial charge on any atom is 0.211 e. The maximum absolute atomic E-state index is 11.9. The van der Waals surface area contributed by atoms with Crippen LogP contribution in [0.25, 0.3) is 0 Å². The van der Waals surface area contributed by atoms with Crippen molar-refractivity contribution in [3.63, 3.8) is 0 Å². The third kappa shape index (κ3) is 7.57. The van der Waals surface area contributed by atoms with Gasteiger partial charge in [-0.05, 0) is 64.3 Å². The molecule has 1 rings (SSSR count). The highest BCUT2D eigenvalue weighted by Gasteiger charge is 2.17. The highest BCUT2D eigenvalue weighted by atomic mass is 32.2. The summed E-state index contributed by atoms with van der Waals surface area (Å²) < 4.78 is 26.6. The molecule has 0 unspecified atom stereocenters. The van der Waals surface area contributed by atoms with Gasteiger partial charge in [-0.2, -0.15) is 0 Å². The molecule has 1 heterocycles. The van der Waals surface area contributed by atoms with Gasteiger partial charge in [0.05, 0.1) is 5.75 Å². The van der Waals surface area contributed by atoms with Gasteiger partial charge in [0.15, 0.2) is 0 Å². The molecule has 120 valence electrons. The molecule has 0 saturated carbocycles. The highest BCUT2D eigenvalue weighted by molar-refractivity contribution is 7.89. The molecule has 0 aromatic heterocycles. The molecule has 0 atom stereocenters. The number of piperidine rings is 1. The lowest BCUT2D eigenvalue weighted by Gasteiger charge is -2.22. The Morgan fingerprint density at radius 2 is 1.85 bits per heavy atom. The van der Waals surface area contributed by atoms with Gasteiger partial charge in [-0.25, -0.2) is 13.1 Å². The molecule has 0 spiro atoms. The third-order valence-electron chi connectivity index (χ3n) is 4.12. The Hall–Kier alpha value is -0.170. The third-order valence-corrected chi connectivity index (χ3v) is 5.54. The Kier molecular flexibility index (Phi) is 8.68. The Bertz CT molecular complexity index is 336. The van der Waals surface area contributed by atoms with E-state index >= 15 is 0 Å². The maximum atomic E-state index is 11.9. The molecule has 0 radical (unpaired) electrons. The minimum absolute atomic E-state index is 0.281. The van der Waals surface area contributed by atoms with Crippen LogP contribution in [0.2, 0.25) is 0 Å². The molecule has 20 heavy (non-hydrogen) atoms. The van der Waals surface area contributed by atoms with Crippen molar-refractivity contribution in [2.24, 2.45) is 5.92 Å². The normalized spacial score (nSPS) is 17.8. The average molecular weight is 305 g/mol. The topological polar surface area (TPSA) is 61.4 Å². The summed E-state index contributed by atoms with van der Waals surface area (Å²) in [4.78, 5) is 2.31. The van der Waals surface area contributed by atoms with Crippen molar-refractivity contribution in [1.29, 1.82) is 0 Å². The fourth-order valence-corrected chi connectivity index (χ4v) is 3.88. The van der Waals surface area contributed by atoms with Gasteiger partial charge < -0.3 is 10.2 Å². The van der Waals surface area contributed by atoms with Crippen LogP contribution in [0, 0.1) is 5.92 Å². The molecule has 1 fully saturated rings. The average Bonchev–Trinajstić information content (AvgIpc) is 2.47. The van der Waals surface area contributed by atoms with Crippen molar-refractivity contribution >= 4 is 10.0 Å². The number of nitrogens with one attached hydrogen (secondary N) is 2. The van der Waals surface area contributed by atoms with E-state index in [0.29, 0.717) is 12.5 Å². The van der Waals surface area contributed by atoms with Gasteiger partial charge in [-0.3, -0.25) is 0 Å². The van der Waals surface area contributed by atoms with Gasteiger partial charge >= 0.3 is 0 Å². The largest absolute Gasteiger partial charge is 0.317 e. The van der Waals surface area contributed by atoms with Crippen molar-refractivity contribution in [3.05, 3.63) is 0 Å². The van der Waals surface area contributed by atoms with Crippen LogP contribution in [0.15, 0.2) is 0 Å². The fraction of sp³-hybridized carbons (Fsp3) is 1.00. The van der Waals surface area contributed by atoms with E-state index in [4.69, 9.17) is 0 Å². The molecule has 5 nitrogen and oxygen atoms in total. The SMILES string of the molecule is CCN(CC)CCCNS(=O)(=O)CCC1CCNCC1. The quantitative estimate of drug-likeness (QED) is 0.592. The molecule has 6 heteroatoms. The zero-order valence-electron chi connectivity index (χ0n) is 13.0. The van der Waals surface area contributed by atoms with Crippen LogP contribution in [0.5, 0.6) is 0 Å². The summed E-state index contributed by atoms with van der Waals surface area (Å²) in [5.41, 5.74) is 0. The first kappa shape index (κ1) is 17.9. The summed E-state index contributed by atoms with van der Waals surface area (Å²) in [6, 6.07) is 0. The number of sulfonamides is 1. The summed E-state index contributed by atoms with van der Waals surface area (Å²) in [5.74, 6) is 0.853. The number of nitrogens with zero attached hydrogens (tertiary/aromatic N) is 1. The second kappa shape index (κ2) is 9.71. The minimum atomic E-state index is -3.08. The molecular weight excluding hydrogens is 274 g/mol. The van der Waals surface area contributed by atoms with Crippen LogP contribution >= 0.6 is 0 Å². The highest BCUT2D eigenvalue weighted by Crippen LogP contribution is 2.16. The summed E-state index contributed by atoms with van der Waals surface area (Å²) in [6.07, 6.45) is 3.90. The molecule has 1 aliphatic heterocycles. The first-order valence-corrected chi connectivity index (χ1v) is 9.63. The summed E-state index contributed by atoms with van der Waals surface area (Å²) in [6.45, 7) is 9.90. The van der Waals surface area contributed by atoms with Crippen LogP contribution < -0.4 is 10.0 Å². The summed E-state index contributed by atoms with van der Waals surface area (Å²) >= 11 is 0. The fourth-order valence-electron chi connectivity index (χ4n) is 2.63. The minimum Gasteiger partial charge on any atom is -0.317 e. The molecule has 1 aliphatic rings. The Morgan fingerprint density at radius 1 is 1.20 bits per heavy atom. The van der Waals surface area contributed by atoms with Crippen LogP contribution in [0.1, 0.15) is 39.5 Å². The van der Waals surface area contributed by atoms with Crippen molar-refractivity contribution in [2.45, 2.75) is 39.5 Å². The lowest BCUT2D eigenvalue weighted by Crippen LogP contribution is -2.33. The van der Waals surface area contributed by atoms with Gasteiger partial charge in [0.1, 0.15) is 0 Å². The standard InChI is InChI=1S/C14H31N3O2S/c1-3-17(4-2)12-5-9-16-20(18,19)13-8-14-6-10-15-11-7-14/h14-16H,3-13H2,1-2H3. The molecular formula is C14H31N3O2S. The molecule has 2 N–H and O–H groups in total. The van der Waals surface area contributed by atoms with Crippen LogP contribution in [-0.4, -0.2) is 58.3 Å². The van der Waals surface area contributed by atoms with E-state index in [0.717, 1.165) is 58.4 Å². The van der Waals surface area contributed by atoms with Gasteiger partial charge in [0.2, 0.25) is 10.0 Å². The lowest BCUT2D eigenvalue weighted by atomic mass is 9.96. The van der Waals surface area contributed by atoms with Gasteiger partial charge in [-0.15, -0.1) is 0 Å².